The highest BCUT2D eigenvalue weighted by Crippen LogP contribution is 2.31. The molecule has 7 heteroatoms. The first-order valence-electron chi connectivity index (χ1n) is 12.4. The fraction of sp³-hybridized carbons (Fsp3) is 0.414. The number of carbonyl (C=O) groups is 1. The zero-order valence-corrected chi connectivity index (χ0v) is 21.5. The van der Waals surface area contributed by atoms with Crippen LogP contribution in [0.15, 0.2) is 59.2 Å². The van der Waals surface area contributed by atoms with Crippen molar-refractivity contribution < 1.29 is 23.1 Å². The van der Waals surface area contributed by atoms with Crippen LogP contribution < -0.4 is 9.47 Å². The summed E-state index contributed by atoms with van der Waals surface area (Å²) in [6.07, 6.45) is 3.84. The van der Waals surface area contributed by atoms with Crippen LogP contribution in [0.1, 0.15) is 40.1 Å². The largest absolute Gasteiger partial charge is 0.497 e. The van der Waals surface area contributed by atoms with Crippen LogP contribution in [0.25, 0.3) is 0 Å². The van der Waals surface area contributed by atoms with E-state index in [-0.39, 0.29) is 23.7 Å². The number of aryl methyl sites for hydroxylation is 1. The summed E-state index contributed by atoms with van der Waals surface area (Å²) in [5, 5.41) is 0. The molecule has 0 aliphatic carbocycles. The highest BCUT2D eigenvalue weighted by molar-refractivity contribution is 5.95. The van der Waals surface area contributed by atoms with Gasteiger partial charge in [-0.3, -0.25) is 9.69 Å². The minimum Gasteiger partial charge on any atom is -0.497 e. The van der Waals surface area contributed by atoms with Crippen molar-refractivity contribution in [2.75, 3.05) is 34.4 Å². The van der Waals surface area contributed by atoms with Crippen molar-refractivity contribution in [2.45, 2.75) is 38.8 Å². The molecule has 6 nitrogen and oxygen atoms in total. The van der Waals surface area contributed by atoms with E-state index in [2.05, 4.69) is 4.90 Å². The lowest BCUT2D eigenvalue weighted by molar-refractivity contribution is 0.0581. The van der Waals surface area contributed by atoms with E-state index >= 15 is 0 Å². The number of furan rings is 1. The van der Waals surface area contributed by atoms with E-state index in [1.807, 2.05) is 37.4 Å². The lowest BCUT2D eigenvalue weighted by atomic mass is 9.84. The number of halogens is 1. The number of benzene rings is 2. The van der Waals surface area contributed by atoms with Gasteiger partial charge in [-0.25, -0.2) is 4.39 Å². The highest BCUT2D eigenvalue weighted by Gasteiger charge is 2.33. The number of nitrogens with zero attached hydrogens (tertiary/aromatic N) is 2. The molecule has 4 rings (SSSR count). The van der Waals surface area contributed by atoms with Crippen molar-refractivity contribution in [3.63, 3.8) is 0 Å². The first-order chi connectivity index (χ1) is 17.4. The molecule has 0 N–H and O–H groups in total. The lowest BCUT2D eigenvalue weighted by Gasteiger charge is -2.40. The molecule has 1 fully saturated rings. The molecule has 0 bridgehead atoms. The molecule has 1 amide bonds. The van der Waals surface area contributed by atoms with Gasteiger partial charge >= 0.3 is 0 Å². The lowest BCUT2D eigenvalue weighted by Crippen LogP contribution is -2.47. The van der Waals surface area contributed by atoms with Gasteiger partial charge in [0, 0.05) is 31.3 Å². The molecule has 1 unspecified atom stereocenters. The Morgan fingerprint density at radius 1 is 1.11 bits per heavy atom. The molecule has 36 heavy (non-hydrogen) atoms. The fourth-order valence-electron chi connectivity index (χ4n) is 5.18. The van der Waals surface area contributed by atoms with Gasteiger partial charge in [-0.1, -0.05) is 24.3 Å². The second kappa shape index (κ2) is 11.6. The second-order valence-electron chi connectivity index (χ2n) is 9.46. The normalized spacial score (nSPS) is 15.5. The monoisotopic (exact) mass is 494 g/mol. The maximum atomic E-state index is 14.6. The van der Waals surface area contributed by atoms with Crippen LogP contribution in [0.2, 0.25) is 0 Å². The maximum absolute atomic E-state index is 14.6. The third-order valence-corrected chi connectivity index (χ3v) is 7.36. The van der Waals surface area contributed by atoms with Gasteiger partial charge in [0.05, 0.1) is 26.0 Å². The Hall–Kier alpha value is -3.32. The van der Waals surface area contributed by atoms with Crippen LogP contribution in [-0.2, 0) is 13.0 Å². The van der Waals surface area contributed by atoms with E-state index in [9.17, 15) is 9.18 Å². The van der Waals surface area contributed by atoms with E-state index in [1.54, 1.807) is 38.2 Å². The number of amides is 1. The summed E-state index contributed by atoms with van der Waals surface area (Å²) in [6.45, 7) is 4.35. The number of likely N-dealkylation sites (N-methyl/N-ethyl adjacent to an activating group) is 1. The predicted molar refractivity (Wildman–Crippen MR) is 137 cm³/mol. The Morgan fingerprint density at radius 3 is 2.50 bits per heavy atom. The molecule has 2 aromatic carbocycles. The molecule has 1 aliphatic rings. The average Bonchev–Trinajstić information content (AvgIpc) is 3.34. The minimum atomic E-state index is -0.230. The summed E-state index contributed by atoms with van der Waals surface area (Å²) in [5.41, 5.74) is 2.30. The Morgan fingerprint density at radius 2 is 1.86 bits per heavy atom. The first-order valence-corrected chi connectivity index (χ1v) is 12.4. The van der Waals surface area contributed by atoms with Gasteiger partial charge in [0.15, 0.2) is 0 Å². The van der Waals surface area contributed by atoms with Gasteiger partial charge in [-0.2, -0.15) is 0 Å². The molecule has 1 aromatic heterocycles. The Labute approximate surface area is 212 Å². The zero-order valence-electron chi connectivity index (χ0n) is 21.5. The molecule has 1 atom stereocenters. The van der Waals surface area contributed by atoms with Crippen molar-refractivity contribution in [1.29, 1.82) is 0 Å². The van der Waals surface area contributed by atoms with Crippen molar-refractivity contribution >= 4 is 5.91 Å². The molecule has 3 aromatic rings. The Bertz CT molecular complexity index is 1170. The van der Waals surface area contributed by atoms with Gasteiger partial charge in [-0.05, 0) is 69.0 Å². The zero-order chi connectivity index (χ0) is 25.7. The van der Waals surface area contributed by atoms with Crippen LogP contribution >= 0.6 is 0 Å². The van der Waals surface area contributed by atoms with Crippen molar-refractivity contribution in [3.8, 4) is 11.5 Å². The third-order valence-electron chi connectivity index (χ3n) is 7.36. The molecular weight excluding hydrogens is 459 g/mol. The van der Waals surface area contributed by atoms with Crippen LogP contribution in [0.3, 0.4) is 0 Å². The predicted octanol–water partition coefficient (Wildman–Crippen LogP) is 5.34. The molecule has 1 saturated heterocycles. The molecule has 0 saturated carbocycles. The topological polar surface area (TPSA) is 55.2 Å². The van der Waals surface area contributed by atoms with Crippen molar-refractivity contribution in [2.24, 2.45) is 5.92 Å². The first kappa shape index (κ1) is 25.8. The van der Waals surface area contributed by atoms with Gasteiger partial charge in [0.25, 0.3) is 5.91 Å². The fourth-order valence-corrected chi connectivity index (χ4v) is 5.18. The summed E-state index contributed by atoms with van der Waals surface area (Å²) in [4.78, 5) is 17.5. The number of carbonyl (C=O) groups excluding carboxylic acids is 1. The van der Waals surface area contributed by atoms with Crippen molar-refractivity contribution in [3.05, 3.63) is 83.1 Å². The van der Waals surface area contributed by atoms with E-state index in [4.69, 9.17) is 13.9 Å². The van der Waals surface area contributed by atoms with Crippen LogP contribution in [-0.4, -0.2) is 56.1 Å². The van der Waals surface area contributed by atoms with E-state index in [0.29, 0.717) is 23.3 Å². The highest BCUT2D eigenvalue weighted by atomic mass is 19.1. The summed E-state index contributed by atoms with van der Waals surface area (Å²) < 4.78 is 30.9. The number of likely N-dealkylation sites (tertiary alicyclic amines) is 1. The number of rotatable bonds is 9. The summed E-state index contributed by atoms with van der Waals surface area (Å²) in [7, 11) is 5.15. The van der Waals surface area contributed by atoms with E-state index < -0.39 is 0 Å². The maximum Gasteiger partial charge on any atom is 0.257 e. The van der Waals surface area contributed by atoms with Gasteiger partial charge in [-0.15, -0.1) is 0 Å². The number of ether oxygens (including phenoxy) is 2. The van der Waals surface area contributed by atoms with Gasteiger partial charge in [0.2, 0.25) is 0 Å². The minimum absolute atomic E-state index is 0.0898. The Balaban J connectivity index is 1.49. The van der Waals surface area contributed by atoms with E-state index in [0.717, 1.165) is 49.5 Å². The molecule has 192 valence electrons. The second-order valence-corrected chi connectivity index (χ2v) is 9.46. The number of hydrogen-bond donors (Lipinski definition) is 0. The van der Waals surface area contributed by atoms with Gasteiger partial charge in [0.1, 0.15) is 23.1 Å². The summed E-state index contributed by atoms with van der Waals surface area (Å²) in [5.74, 6) is 2.11. The molecule has 0 radical (unpaired) electrons. The summed E-state index contributed by atoms with van der Waals surface area (Å²) in [6, 6.07) is 14.3. The number of methoxy groups -OCH3 is 2. The standard InChI is InChI=1S/C29H35FN2O4/c1-20-25(13-16-36-20)29(33)31(2)27(17-22-7-5-6-8-26(22)30)21-11-14-32(15-12-21)19-23-9-10-24(34-3)18-28(23)35-4/h5-10,13,16,18,21,27H,11-12,14-15,17,19H2,1-4H3. The molecular formula is C29H35FN2O4. The number of hydrogen-bond acceptors (Lipinski definition) is 5. The van der Waals surface area contributed by atoms with Crippen molar-refractivity contribution in [1.82, 2.24) is 9.80 Å². The average molecular weight is 495 g/mol. The SMILES string of the molecule is COc1ccc(CN2CCC(C(Cc3ccccc3F)N(C)C(=O)c3ccoc3C)CC2)c(OC)c1. The smallest absolute Gasteiger partial charge is 0.257 e. The van der Waals surface area contributed by atoms with Crippen LogP contribution in [0.5, 0.6) is 11.5 Å². The van der Waals surface area contributed by atoms with E-state index in [1.165, 1.54) is 12.3 Å². The molecule has 2 heterocycles. The quantitative estimate of drug-likeness (QED) is 0.402. The molecule has 0 spiro atoms. The number of piperidine rings is 1. The molecule has 1 aliphatic heterocycles. The Kier molecular flexibility index (Phi) is 8.31. The van der Waals surface area contributed by atoms with Crippen LogP contribution in [0.4, 0.5) is 4.39 Å². The van der Waals surface area contributed by atoms with Crippen LogP contribution in [0, 0.1) is 18.7 Å². The van der Waals surface area contributed by atoms with Gasteiger partial charge < -0.3 is 18.8 Å². The third kappa shape index (κ3) is 5.73. The summed E-state index contributed by atoms with van der Waals surface area (Å²) >= 11 is 0.